The molecule has 0 bridgehead atoms. The second-order valence-corrected chi connectivity index (χ2v) is 4.23. The minimum Gasteiger partial charge on any atom is -0.438 e. The molecule has 4 nitrogen and oxygen atoms in total. The summed E-state index contributed by atoms with van der Waals surface area (Å²) in [4.78, 5) is 15.7. The standard InChI is InChI=1S/C13H13ClN2O2/c1-9-12(18-8-15-9)13(17)16-11-4-2-10(3-5-11)6-7-14/h2-5,8H,6-7H2,1H3,(H,16,17). The quantitative estimate of drug-likeness (QED) is 0.864. The zero-order chi connectivity index (χ0) is 13.0. The molecule has 0 saturated heterocycles. The van der Waals surface area contributed by atoms with Gasteiger partial charge in [0.2, 0.25) is 5.76 Å². The summed E-state index contributed by atoms with van der Waals surface area (Å²) in [5.74, 6) is 0.526. The van der Waals surface area contributed by atoms with Crippen LogP contribution in [-0.4, -0.2) is 16.8 Å². The summed E-state index contributed by atoms with van der Waals surface area (Å²) in [6.45, 7) is 1.72. The van der Waals surface area contributed by atoms with E-state index in [1.165, 1.54) is 6.39 Å². The largest absolute Gasteiger partial charge is 0.438 e. The first-order chi connectivity index (χ1) is 8.70. The molecule has 1 aromatic carbocycles. The number of amides is 1. The number of oxazole rings is 1. The fourth-order valence-corrected chi connectivity index (χ4v) is 1.79. The number of hydrogen-bond donors (Lipinski definition) is 1. The van der Waals surface area contributed by atoms with Gasteiger partial charge in [0.15, 0.2) is 6.39 Å². The maximum atomic E-state index is 11.8. The van der Waals surface area contributed by atoms with Crippen LogP contribution in [0.3, 0.4) is 0 Å². The molecule has 94 valence electrons. The van der Waals surface area contributed by atoms with Crippen molar-refractivity contribution in [2.24, 2.45) is 0 Å². The molecule has 0 saturated carbocycles. The molecule has 1 amide bonds. The van der Waals surface area contributed by atoms with Gasteiger partial charge in [-0.2, -0.15) is 0 Å². The lowest BCUT2D eigenvalue weighted by atomic mass is 10.1. The van der Waals surface area contributed by atoms with Gasteiger partial charge >= 0.3 is 0 Å². The van der Waals surface area contributed by atoms with Crippen LogP contribution in [-0.2, 0) is 6.42 Å². The van der Waals surface area contributed by atoms with Gasteiger partial charge in [-0.3, -0.25) is 4.79 Å². The van der Waals surface area contributed by atoms with Crippen molar-refractivity contribution < 1.29 is 9.21 Å². The third-order valence-corrected chi connectivity index (χ3v) is 2.74. The van der Waals surface area contributed by atoms with Crippen LogP contribution >= 0.6 is 11.6 Å². The molecule has 1 N–H and O–H groups in total. The van der Waals surface area contributed by atoms with Crippen molar-refractivity contribution in [3.8, 4) is 0 Å². The van der Waals surface area contributed by atoms with Gasteiger partial charge in [0.25, 0.3) is 5.91 Å². The zero-order valence-corrected chi connectivity index (χ0v) is 10.7. The molecule has 0 atom stereocenters. The summed E-state index contributed by atoms with van der Waals surface area (Å²) < 4.78 is 5.02. The number of alkyl halides is 1. The monoisotopic (exact) mass is 264 g/mol. The van der Waals surface area contributed by atoms with Crippen LogP contribution in [0.25, 0.3) is 0 Å². The van der Waals surface area contributed by atoms with E-state index in [1.54, 1.807) is 6.92 Å². The molecular weight excluding hydrogens is 252 g/mol. The van der Waals surface area contributed by atoms with Crippen LogP contribution in [0.5, 0.6) is 0 Å². The molecule has 0 aliphatic carbocycles. The zero-order valence-electron chi connectivity index (χ0n) is 9.94. The summed E-state index contributed by atoms with van der Waals surface area (Å²) in [6, 6.07) is 7.55. The Morgan fingerprint density at radius 2 is 2.11 bits per heavy atom. The predicted octanol–water partition coefficient (Wildman–Crippen LogP) is 3.02. The van der Waals surface area contributed by atoms with Gasteiger partial charge in [-0.1, -0.05) is 12.1 Å². The molecular formula is C13H13ClN2O2. The lowest BCUT2D eigenvalue weighted by molar-refractivity contribution is 0.0996. The molecule has 2 aromatic rings. The van der Waals surface area contributed by atoms with Crippen molar-refractivity contribution in [3.05, 3.63) is 47.7 Å². The van der Waals surface area contributed by atoms with E-state index in [1.807, 2.05) is 24.3 Å². The summed E-state index contributed by atoms with van der Waals surface area (Å²) in [5.41, 5.74) is 2.43. The minimum atomic E-state index is -0.296. The van der Waals surface area contributed by atoms with Crippen LogP contribution in [0.4, 0.5) is 5.69 Å². The third-order valence-electron chi connectivity index (χ3n) is 2.55. The number of hydrogen-bond acceptors (Lipinski definition) is 3. The Balaban J connectivity index is 2.05. The molecule has 0 aliphatic rings. The second-order valence-electron chi connectivity index (χ2n) is 3.86. The highest BCUT2D eigenvalue weighted by Crippen LogP contribution is 2.13. The fraction of sp³-hybridized carbons (Fsp3) is 0.231. The first-order valence-corrected chi connectivity index (χ1v) is 6.10. The van der Waals surface area contributed by atoms with Gasteiger partial charge in [-0.25, -0.2) is 4.98 Å². The Kier molecular flexibility index (Phi) is 3.99. The van der Waals surface area contributed by atoms with Gasteiger partial charge in [-0.15, -0.1) is 11.6 Å². The highest BCUT2D eigenvalue weighted by molar-refractivity contribution is 6.18. The first-order valence-electron chi connectivity index (χ1n) is 5.57. The Morgan fingerprint density at radius 3 is 2.67 bits per heavy atom. The number of aryl methyl sites for hydroxylation is 2. The van der Waals surface area contributed by atoms with E-state index in [9.17, 15) is 4.79 Å². The van der Waals surface area contributed by atoms with Crippen LogP contribution in [0.2, 0.25) is 0 Å². The predicted molar refractivity (Wildman–Crippen MR) is 70.1 cm³/mol. The van der Waals surface area contributed by atoms with E-state index in [0.717, 1.165) is 12.0 Å². The first kappa shape index (κ1) is 12.6. The maximum absolute atomic E-state index is 11.8. The molecule has 0 unspecified atom stereocenters. The second kappa shape index (κ2) is 5.69. The molecule has 1 heterocycles. The number of aromatic nitrogens is 1. The molecule has 0 fully saturated rings. The molecule has 0 aliphatic heterocycles. The lowest BCUT2D eigenvalue weighted by Gasteiger charge is -2.04. The van der Waals surface area contributed by atoms with Crippen LogP contribution in [0.15, 0.2) is 35.1 Å². The molecule has 5 heteroatoms. The third kappa shape index (κ3) is 2.90. The average Bonchev–Trinajstić information content (AvgIpc) is 2.78. The van der Waals surface area contributed by atoms with E-state index in [0.29, 0.717) is 17.3 Å². The summed E-state index contributed by atoms with van der Waals surface area (Å²) in [7, 11) is 0. The van der Waals surface area contributed by atoms with E-state index in [-0.39, 0.29) is 11.7 Å². The molecule has 0 spiro atoms. The Labute approximate surface area is 110 Å². The van der Waals surface area contributed by atoms with E-state index in [2.05, 4.69) is 10.3 Å². The van der Waals surface area contributed by atoms with Gasteiger partial charge < -0.3 is 9.73 Å². The minimum absolute atomic E-state index is 0.236. The van der Waals surface area contributed by atoms with Crippen LogP contribution < -0.4 is 5.32 Å². The fourth-order valence-electron chi connectivity index (χ4n) is 1.57. The van der Waals surface area contributed by atoms with Crippen molar-refractivity contribution >= 4 is 23.2 Å². The molecule has 2 rings (SSSR count). The number of nitrogens with one attached hydrogen (secondary N) is 1. The van der Waals surface area contributed by atoms with Crippen molar-refractivity contribution in [2.45, 2.75) is 13.3 Å². The normalized spacial score (nSPS) is 10.3. The SMILES string of the molecule is Cc1ncoc1C(=O)Nc1ccc(CCCl)cc1. The number of carbonyl (C=O) groups excluding carboxylic acids is 1. The summed E-state index contributed by atoms with van der Waals surface area (Å²) in [6.07, 6.45) is 2.07. The highest BCUT2D eigenvalue weighted by Gasteiger charge is 2.13. The van der Waals surface area contributed by atoms with Crippen molar-refractivity contribution in [1.82, 2.24) is 4.98 Å². The number of halogens is 1. The molecule has 0 radical (unpaired) electrons. The number of rotatable bonds is 4. The highest BCUT2D eigenvalue weighted by atomic mass is 35.5. The number of carbonyl (C=O) groups is 1. The van der Waals surface area contributed by atoms with Crippen molar-refractivity contribution in [1.29, 1.82) is 0 Å². The van der Waals surface area contributed by atoms with Crippen molar-refractivity contribution in [2.75, 3.05) is 11.2 Å². The van der Waals surface area contributed by atoms with Crippen LogP contribution in [0, 0.1) is 6.92 Å². The average molecular weight is 265 g/mol. The number of nitrogens with zero attached hydrogens (tertiary/aromatic N) is 1. The maximum Gasteiger partial charge on any atom is 0.293 e. The molecule has 1 aromatic heterocycles. The smallest absolute Gasteiger partial charge is 0.293 e. The summed E-state index contributed by atoms with van der Waals surface area (Å²) in [5, 5.41) is 2.75. The Hall–Kier alpha value is -1.81. The number of benzene rings is 1. The van der Waals surface area contributed by atoms with E-state index < -0.39 is 0 Å². The Morgan fingerprint density at radius 1 is 1.39 bits per heavy atom. The Bertz CT molecular complexity index is 534. The van der Waals surface area contributed by atoms with Crippen LogP contribution in [0.1, 0.15) is 21.8 Å². The van der Waals surface area contributed by atoms with E-state index >= 15 is 0 Å². The van der Waals surface area contributed by atoms with E-state index in [4.69, 9.17) is 16.0 Å². The van der Waals surface area contributed by atoms with Gasteiger partial charge in [-0.05, 0) is 31.0 Å². The van der Waals surface area contributed by atoms with Gasteiger partial charge in [0.05, 0.1) is 5.69 Å². The topological polar surface area (TPSA) is 55.1 Å². The summed E-state index contributed by atoms with van der Waals surface area (Å²) >= 11 is 5.66. The number of anilines is 1. The van der Waals surface area contributed by atoms with Crippen molar-refractivity contribution in [3.63, 3.8) is 0 Å². The molecule has 18 heavy (non-hydrogen) atoms. The lowest BCUT2D eigenvalue weighted by Crippen LogP contribution is -2.12. The van der Waals surface area contributed by atoms with Gasteiger partial charge in [0, 0.05) is 11.6 Å². The van der Waals surface area contributed by atoms with Gasteiger partial charge in [0.1, 0.15) is 0 Å².